The summed E-state index contributed by atoms with van der Waals surface area (Å²) in [7, 11) is 5.70. The Balaban J connectivity index is 1.10. The van der Waals surface area contributed by atoms with E-state index in [0.29, 0.717) is 58.7 Å². The number of H-pyrrole nitrogens is 2. The Hall–Kier alpha value is -13.5. The lowest BCUT2D eigenvalue weighted by atomic mass is 9.99. The van der Waals surface area contributed by atoms with Crippen LogP contribution in [0.25, 0.3) is 21.8 Å². The number of para-hydroxylation sites is 2. The summed E-state index contributed by atoms with van der Waals surface area (Å²) in [5, 5.41) is 60.4. The molecule has 0 aliphatic carbocycles. The second-order valence-electron chi connectivity index (χ2n) is 34.9. The number of thioether (sulfide) groups is 1. The topological polar surface area (TPSA) is 632 Å². The predicted molar refractivity (Wildman–Crippen MR) is 494 cm³/mol. The first-order chi connectivity index (χ1) is 64.2. The van der Waals surface area contributed by atoms with E-state index in [1.807, 2.05) is 19.9 Å². The Bertz CT molecular complexity index is 5260. The number of carbonyl (C=O) groups excluding carboxylic acids is 18. The fourth-order valence-corrected chi connectivity index (χ4v) is 17.7. The van der Waals surface area contributed by atoms with Gasteiger partial charge in [0.25, 0.3) is 0 Å². The number of rotatable bonds is 25. The van der Waals surface area contributed by atoms with E-state index in [0.717, 1.165) is 36.9 Å². The van der Waals surface area contributed by atoms with Crippen LogP contribution in [0.3, 0.4) is 0 Å². The number of aromatic hydroxyl groups is 1. The van der Waals surface area contributed by atoms with Crippen molar-refractivity contribution in [2.75, 3.05) is 58.9 Å². The summed E-state index contributed by atoms with van der Waals surface area (Å²) < 4.78 is 1.80. The molecule has 15 atom stereocenters. The number of likely N-dealkylation sites (N-methyl/N-ethyl adjacent to an activating group) is 3. The van der Waals surface area contributed by atoms with Crippen LogP contribution in [-0.4, -0.2) is 315 Å². The first kappa shape index (κ1) is 105. The van der Waals surface area contributed by atoms with Crippen LogP contribution in [0.4, 0.5) is 0 Å². The molecule has 3 aliphatic heterocycles. The normalized spacial score (nSPS) is 24.8. The van der Waals surface area contributed by atoms with E-state index in [9.17, 15) is 63.3 Å². The third-order valence-corrected chi connectivity index (χ3v) is 25.4. The second-order valence-corrected chi connectivity index (χ2v) is 36.0. The smallest absolute Gasteiger partial charge is 0.246 e. The number of phenols is 1. The molecule has 44 heteroatoms. The largest absolute Gasteiger partial charge is 0.508 e. The molecule has 43 nitrogen and oxygen atoms in total. The van der Waals surface area contributed by atoms with Gasteiger partial charge in [-0.2, -0.15) is 0 Å². The Kier molecular flexibility index (Phi) is 38.5. The molecule has 21 N–H and O–H groups in total. The number of nitrogens with zero attached hydrogens (tertiary/aromatic N) is 7. The number of benzene rings is 3. The van der Waals surface area contributed by atoms with Crippen molar-refractivity contribution < 1.29 is 102 Å². The summed E-state index contributed by atoms with van der Waals surface area (Å²) in [6.07, 6.45) is 2.53. The third kappa shape index (κ3) is 28.8. The predicted octanol–water partition coefficient (Wildman–Crippen LogP) is -2.92. The molecule has 6 heterocycles. The quantitative estimate of drug-likeness (QED) is 0.0273. The molecule has 9 rings (SSSR count). The molecule has 3 fully saturated rings. The summed E-state index contributed by atoms with van der Waals surface area (Å²) in [6.45, 7) is 5.93. The van der Waals surface area contributed by atoms with Crippen molar-refractivity contribution in [2.24, 2.45) is 30.2 Å². The van der Waals surface area contributed by atoms with E-state index in [4.69, 9.17) is 17.2 Å². The van der Waals surface area contributed by atoms with Crippen LogP contribution >= 0.6 is 11.8 Å². The molecule has 3 aromatic carbocycles. The Morgan fingerprint density at radius 2 is 1.13 bits per heavy atom. The van der Waals surface area contributed by atoms with Gasteiger partial charge < -0.3 is 125 Å². The fourth-order valence-electron chi connectivity index (χ4n) is 16.8. The molecule has 3 saturated heterocycles. The summed E-state index contributed by atoms with van der Waals surface area (Å²) in [5.74, 6) is -18.8. The maximum atomic E-state index is 15.8. The number of primary amides is 3. The first-order valence-electron chi connectivity index (χ1n) is 45.2. The molecule has 3 aliphatic rings. The van der Waals surface area contributed by atoms with E-state index in [1.54, 1.807) is 80.3 Å². The maximum Gasteiger partial charge on any atom is 0.246 e. The number of phenolic OH excluding ortho intramolecular Hbond substituents is 1. The fraction of sp³-hybridized carbons (Fsp3) is 0.527. The number of fused-ring (bicyclic) bond motifs is 4. The van der Waals surface area contributed by atoms with E-state index >= 15 is 38.4 Å². The maximum absolute atomic E-state index is 15.8. The Morgan fingerprint density at radius 1 is 0.556 bits per heavy atom. The molecule has 732 valence electrons. The zero-order chi connectivity index (χ0) is 98.8. The molecule has 0 spiro atoms. The molecule has 0 bridgehead atoms. The number of aliphatic hydroxyl groups excluding tert-OH is 2. The minimum absolute atomic E-state index is 0.00345. The molecule has 6 aromatic rings. The number of imidazole rings is 1. The van der Waals surface area contributed by atoms with E-state index in [1.165, 1.54) is 69.8 Å². The number of unbranched alkanes of at least 4 members (excludes halogenated alkanes) is 2. The summed E-state index contributed by atoms with van der Waals surface area (Å²) in [6, 6.07) is -2.61. The molecule has 18 amide bonds. The highest BCUT2D eigenvalue weighted by Gasteiger charge is 2.47. The van der Waals surface area contributed by atoms with Crippen molar-refractivity contribution in [1.82, 2.24) is 97.2 Å². The molecule has 0 saturated carbocycles. The highest BCUT2D eigenvalue weighted by molar-refractivity contribution is 8.00. The summed E-state index contributed by atoms with van der Waals surface area (Å²) in [4.78, 5) is 278. The van der Waals surface area contributed by atoms with E-state index in [2.05, 4.69) is 68.1 Å². The molecule has 0 radical (unpaired) electrons. The zero-order valence-corrected chi connectivity index (χ0v) is 78.0. The van der Waals surface area contributed by atoms with Gasteiger partial charge in [0.15, 0.2) is 0 Å². The minimum Gasteiger partial charge on any atom is -0.508 e. The van der Waals surface area contributed by atoms with Crippen molar-refractivity contribution in [3.63, 3.8) is 0 Å². The monoisotopic (exact) mass is 1890 g/mol. The van der Waals surface area contributed by atoms with Gasteiger partial charge in [-0.15, -0.1) is 11.8 Å². The van der Waals surface area contributed by atoms with Crippen LogP contribution in [0.2, 0.25) is 0 Å². The van der Waals surface area contributed by atoms with Crippen LogP contribution in [0.15, 0.2) is 97.7 Å². The van der Waals surface area contributed by atoms with Gasteiger partial charge >= 0.3 is 0 Å². The molecule has 0 unspecified atom stereocenters. The van der Waals surface area contributed by atoms with Crippen LogP contribution < -0.4 is 70.4 Å². The average molecular weight is 1900 g/mol. The van der Waals surface area contributed by atoms with Crippen LogP contribution in [0.1, 0.15) is 140 Å². The van der Waals surface area contributed by atoms with Gasteiger partial charge in [0.1, 0.15) is 90.3 Å². The van der Waals surface area contributed by atoms with Crippen molar-refractivity contribution in [3.05, 3.63) is 120 Å². The van der Waals surface area contributed by atoms with Gasteiger partial charge in [-0.25, -0.2) is 4.98 Å². The molecule has 135 heavy (non-hydrogen) atoms. The molecular formula is C91H126N22O21S. The Labute approximate surface area is 784 Å². The van der Waals surface area contributed by atoms with Crippen LogP contribution in [0.5, 0.6) is 5.75 Å². The number of nitrogens with one attached hydrogen (secondary N) is 12. The lowest BCUT2D eigenvalue weighted by Gasteiger charge is -2.36. The van der Waals surface area contributed by atoms with Gasteiger partial charge in [-0.1, -0.05) is 102 Å². The number of amides is 18. The number of carbonyl (C=O) groups is 18. The highest BCUT2D eigenvalue weighted by Crippen LogP contribution is 2.29. The number of aromatic nitrogens is 4. The number of aryl methyl sites for hydroxylation is 1. The number of aliphatic hydroxyl groups is 2. The molecule has 3 aromatic heterocycles. The van der Waals surface area contributed by atoms with Crippen molar-refractivity contribution in [3.8, 4) is 5.75 Å². The number of hydrogen-bond donors (Lipinski definition) is 18. The van der Waals surface area contributed by atoms with Gasteiger partial charge in [0.05, 0.1) is 37.8 Å². The summed E-state index contributed by atoms with van der Waals surface area (Å²) in [5.41, 5.74) is 19.8. The minimum atomic E-state index is -1.91. The van der Waals surface area contributed by atoms with Crippen molar-refractivity contribution in [1.29, 1.82) is 0 Å². The van der Waals surface area contributed by atoms with Crippen molar-refractivity contribution >= 4 is 140 Å². The number of hydrogen-bond acceptors (Lipinski definition) is 23. The van der Waals surface area contributed by atoms with Gasteiger partial charge in [0.2, 0.25) is 106 Å². The van der Waals surface area contributed by atoms with E-state index < -0.39 is 254 Å². The standard InChI is InChI=1S/C91H126N22O21S/c1-10-12-22-70-84(127)101-61(33-49(3)4)80(123)107-68(79(122)97-42-76(94)119)46-135-47-77(120)99-64(34-51-26-28-55(115)29-27-51)87(130)109(7)50(5)78(121)104-66(39-75(93)118)90(133)112-32-18-25-71(112)85(128)103-63(37-54-41-95-48-98-54)82(125)100-60(30-31-74(92)117)89(132)113-44-56(116)38-73(113)86(129)102-62(35-52-40-96-59-21-16-14-19-57(52)59)81(124)106-67(45-114)83(126)105-65(36-53-43-108(6)69-24-17-15-20-58(53)69)88(131)111(9)72(23-13-11-2)91(134)110(70)8/h14-17,19-21,24,26-29,40-41,43,48-50,56,60-68,70-73,96,114-116H,10-13,18,22-23,25,30-39,42,44-47H2,1-9H3,(H2,92,117)(H2,93,118)(H2,94,119)(H,95,98)(H,97,122)(H,99,120)(H,100,125)(H,101,127)(H,102,129)(H,103,128)(H,104,121)(H,105,126)(H,106,124)(H,107,123)/t50-,56+,60-,61-,62-,63-,64-,65-,66+,67-,68-,70-,71-,72-,73-/m0/s1. The SMILES string of the molecule is CCCC[C@H]1C(=O)N(C)[C@@H](CCCC)C(=O)N[C@@H](CC(C)C)C(=O)N[C@H](C(=O)NCC(N)=O)CSCC(=O)N[C@@H](Cc2ccc(O)cc2)C(=O)N(C)[C@@H](C)C(=O)N[C@H](CC(N)=O)C(=O)N2CCC[C@H]2C(=O)N[C@@H](Cc2cnc[nH]2)C(=O)N[C@@H](CCC(N)=O)C(=O)N2C[C@H](O)C[C@H]2C(=O)N[C@@H](Cc2c[nH]c3ccccc23)C(=O)N[C@@H](CO)C(=O)N[C@@H](Cc2cn(C)c3ccccc23)C(=O)N1C. The number of aromatic amines is 2. The lowest BCUT2D eigenvalue weighted by molar-refractivity contribution is -0.149. The van der Waals surface area contributed by atoms with E-state index in [-0.39, 0.29) is 81.7 Å². The highest BCUT2D eigenvalue weighted by atomic mass is 32.2. The van der Waals surface area contributed by atoms with Gasteiger partial charge in [-0.3, -0.25) is 86.3 Å². The van der Waals surface area contributed by atoms with Crippen LogP contribution in [-0.2, 0) is 119 Å². The van der Waals surface area contributed by atoms with Crippen LogP contribution in [0, 0.1) is 5.92 Å². The number of nitrogens with two attached hydrogens (primary N) is 3. The second kappa shape index (κ2) is 49.5. The Morgan fingerprint density at radius 3 is 1.77 bits per heavy atom. The summed E-state index contributed by atoms with van der Waals surface area (Å²) >= 11 is 0.786. The zero-order valence-electron chi connectivity index (χ0n) is 77.2. The molecular weight excluding hydrogens is 1770 g/mol. The van der Waals surface area contributed by atoms with Gasteiger partial charge in [0, 0.05) is 132 Å². The lowest BCUT2D eigenvalue weighted by Crippen LogP contribution is -2.62. The first-order valence-corrected chi connectivity index (χ1v) is 46.3. The van der Waals surface area contributed by atoms with Crippen molar-refractivity contribution in [2.45, 2.75) is 234 Å². The van der Waals surface area contributed by atoms with Gasteiger partial charge in [-0.05, 0) is 92.3 Å². The average Bonchev–Trinajstić information content (AvgIpc) is 1.68. The third-order valence-electron chi connectivity index (χ3n) is 24.3.